The van der Waals surface area contributed by atoms with Gasteiger partial charge in [-0.2, -0.15) is 13.2 Å². The minimum absolute atomic E-state index is 0.159. The molecule has 18 heavy (non-hydrogen) atoms. The van der Waals surface area contributed by atoms with Crippen molar-refractivity contribution in [1.29, 1.82) is 0 Å². The summed E-state index contributed by atoms with van der Waals surface area (Å²) in [6.07, 6.45) is -2.32. The van der Waals surface area contributed by atoms with Gasteiger partial charge in [-0.15, -0.1) is 23.1 Å². The summed E-state index contributed by atoms with van der Waals surface area (Å²) in [5, 5.41) is 2.58. The second kappa shape index (κ2) is 5.83. The Kier molecular flexibility index (Phi) is 4.92. The predicted molar refractivity (Wildman–Crippen MR) is 69.7 cm³/mol. The third-order valence-electron chi connectivity index (χ3n) is 2.13. The first-order chi connectivity index (χ1) is 8.30. The van der Waals surface area contributed by atoms with Crippen molar-refractivity contribution in [2.45, 2.75) is 24.4 Å². The van der Waals surface area contributed by atoms with Crippen molar-refractivity contribution >= 4 is 39.6 Å². The van der Waals surface area contributed by atoms with Gasteiger partial charge in [0.15, 0.2) is 5.78 Å². The van der Waals surface area contributed by atoms with Crippen LogP contribution in [0.4, 0.5) is 23.9 Å². The van der Waals surface area contributed by atoms with Gasteiger partial charge in [-0.3, -0.25) is 4.79 Å². The molecule has 0 saturated heterocycles. The van der Waals surface area contributed by atoms with E-state index in [1.165, 1.54) is 11.8 Å². The SMILES string of the molecule is CCC(=O)c1sc(NCC(F)(F)F)c(SC)c1N. The molecule has 102 valence electrons. The van der Waals surface area contributed by atoms with E-state index in [4.69, 9.17) is 5.73 Å². The molecule has 1 aromatic heterocycles. The molecule has 1 rings (SSSR count). The molecule has 8 heteroatoms. The quantitative estimate of drug-likeness (QED) is 0.644. The Labute approximate surface area is 111 Å². The van der Waals surface area contributed by atoms with Crippen LogP contribution in [0.3, 0.4) is 0 Å². The molecule has 0 aliphatic heterocycles. The predicted octanol–water partition coefficient (Wildman–Crippen LogP) is 3.62. The summed E-state index contributed by atoms with van der Waals surface area (Å²) >= 11 is 2.20. The molecule has 3 N–H and O–H groups in total. The second-order valence-electron chi connectivity index (χ2n) is 3.45. The zero-order chi connectivity index (χ0) is 13.9. The lowest BCUT2D eigenvalue weighted by Gasteiger charge is -2.08. The van der Waals surface area contributed by atoms with E-state index in [2.05, 4.69) is 5.32 Å². The van der Waals surface area contributed by atoms with E-state index in [1.807, 2.05) is 0 Å². The van der Waals surface area contributed by atoms with E-state index >= 15 is 0 Å². The number of hydrogen-bond donors (Lipinski definition) is 2. The van der Waals surface area contributed by atoms with Crippen LogP contribution in [0.5, 0.6) is 0 Å². The molecule has 0 aromatic carbocycles. The van der Waals surface area contributed by atoms with Crippen LogP contribution < -0.4 is 11.1 Å². The van der Waals surface area contributed by atoms with Crippen molar-refractivity contribution in [3.05, 3.63) is 4.88 Å². The van der Waals surface area contributed by atoms with E-state index in [9.17, 15) is 18.0 Å². The van der Waals surface area contributed by atoms with Crippen LogP contribution in [0.25, 0.3) is 0 Å². The van der Waals surface area contributed by atoms with Gasteiger partial charge >= 0.3 is 6.18 Å². The molecule has 0 aliphatic carbocycles. The Bertz CT molecular complexity index is 443. The topological polar surface area (TPSA) is 55.1 Å². The number of rotatable bonds is 5. The van der Waals surface area contributed by atoms with Crippen LogP contribution in [-0.4, -0.2) is 24.8 Å². The maximum absolute atomic E-state index is 12.1. The highest BCUT2D eigenvalue weighted by Gasteiger charge is 2.28. The van der Waals surface area contributed by atoms with Gasteiger partial charge in [0.2, 0.25) is 0 Å². The summed E-state index contributed by atoms with van der Waals surface area (Å²) in [5.74, 6) is -0.159. The molecule has 0 unspecified atom stereocenters. The standard InChI is InChI=1S/C10H13F3N2OS2/c1-3-5(16)7-6(14)8(17-2)9(18-7)15-4-10(11,12)13/h15H,3-4,14H2,1-2H3. The summed E-state index contributed by atoms with van der Waals surface area (Å²) in [7, 11) is 0. The first kappa shape index (κ1) is 15.2. The first-order valence-electron chi connectivity index (χ1n) is 5.10. The second-order valence-corrected chi connectivity index (χ2v) is 5.29. The van der Waals surface area contributed by atoms with Gasteiger partial charge in [0.25, 0.3) is 0 Å². The summed E-state index contributed by atoms with van der Waals surface area (Å²) in [5.41, 5.74) is 6.05. The third kappa shape index (κ3) is 3.55. The van der Waals surface area contributed by atoms with Gasteiger partial charge in [0, 0.05) is 6.42 Å². The van der Waals surface area contributed by atoms with Crippen molar-refractivity contribution in [3.63, 3.8) is 0 Å². The Morgan fingerprint density at radius 1 is 1.50 bits per heavy atom. The molecule has 0 saturated carbocycles. The molecule has 0 atom stereocenters. The highest BCUT2D eigenvalue weighted by molar-refractivity contribution is 7.99. The van der Waals surface area contributed by atoms with Crippen LogP contribution >= 0.6 is 23.1 Å². The average Bonchev–Trinajstić information content (AvgIpc) is 2.61. The lowest BCUT2D eigenvalue weighted by atomic mass is 10.2. The largest absolute Gasteiger partial charge is 0.405 e. The number of carbonyl (C=O) groups is 1. The molecular formula is C10H13F3N2OS2. The summed E-state index contributed by atoms with van der Waals surface area (Å²) < 4.78 is 36.4. The van der Waals surface area contributed by atoms with Gasteiger partial charge in [-0.05, 0) is 6.26 Å². The van der Waals surface area contributed by atoms with Crippen LogP contribution in [0.1, 0.15) is 23.0 Å². The smallest absolute Gasteiger partial charge is 0.396 e. The van der Waals surface area contributed by atoms with Crippen molar-refractivity contribution < 1.29 is 18.0 Å². The minimum atomic E-state index is -4.30. The maximum atomic E-state index is 12.1. The minimum Gasteiger partial charge on any atom is -0.396 e. The van der Waals surface area contributed by atoms with Crippen LogP contribution in [0, 0.1) is 0 Å². The van der Waals surface area contributed by atoms with Crippen LogP contribution in [0.15, 0.2) is 4.90 Å². The first-order valence-corrected chi connectivity index (χ1v) is 7.14. The van der Waals surface area contributed by atoms with Gasteiger partial charge in [-0.25, -0.2) is 0 Å². The number of carbonyl (C=O) groups excluding carboxylic acids is 1. The number of Topliss-reactive ketones (excluding diaryl/α,β-unsaturated/α-hetero) is 1. The molecule has 0 radical (unpaired) electrons. The van der Waals surface area contributed by atoms with E-state index < -0.39 is 12.7 Å². The normalized spacial score (nSPS) is 11.6. The molecule has 0 spiro atoms. The average molecular weight is 298 g/mol. The summed E-state index contributed by atoms with van der Waals surface area (Å²) in [6.45, 7) is 0.545. The van der Waals surface area contributed by atoms with Gasteiger partial charge in [-0.1, -0.05) is 6.92 Å². The van der Waals surface area contributed by atoms with Crippen LogP contribution in [0.2, 0.25) is 0 Å². The summed E-state index contributed by atoms with van der Waals surface area (Å²) in [6, 6.07) is 0. The number of anilines is 2. The fourth-order valence-electron chi connectivity index (χ4n) is 1.30. The molecule has 0 bridgehead atoms. The maximum Gasteiger partial charge on any atom is 0.405 e. The number of thioether (sulfide) groups is 1. The Morgan fingerprint density at radius 2 is 2.11 bits per heavy atom. The Morgan fingerprint density at radius 3 is 2.56 bits per heavy atom. The fourth-order valence-corrected chi connectivity index (χ4v) is 3.34. The number of ketones is 1. The van der Waals surface area contributed by atoms with Crippen molar-refractivity contribution in [2.24, 2.45) is 0 Å². The highest BCUT2D eigenvalue weighted by Crippen LogP contribution is 2.42. The van der Waals surface area contributed by atoms with Gasteiger partial charge in [0.1, 0.15) is 11.5 Å². The molecule has 0 aliphatic rings. The van der Waals surface area contributed by atoms with Gasteiger partial charge < -0.3 is 11.1 Å². The molecule has 1 heterocycles. The summed E-state index contributed by atoms with van der Waals surface area (Å²) in [4.78, 5) is 12.4. The van der Waals surface area contributed by atoms with Gasteiger partial charge in [0.05, 0.1) is 15.5 Å². The number of nitrogen functional groups attached to an aromatic ring is 1. The zero-order valence-corrected chi connectivity index (χ0v) is 11.5. The van der Waals surface area contributed by atoms with Crippen molar-refractivity contribution in [1.82, 2.24) is 0 Å². The van der Waals surface area contributed by atoms with E-state index in [-0.39, 0.29) is 17.9 Å². The number of alkyl halides is 3. The monoisotopic (exact) mass is 298 g/mol. The van der Waals surface area contributed by atoms with E-state index in [0.29, 0.717) is 14.8 Å². The number of nitrogens with two attached hydrogens (primary N) is 1. The molecular weight excluding hydrogens is 285 g/mol. The Balaban J connectivity index is 3.01. The number of hydrogen-bond acceptors (Lipinski definition) is 5. The fraction of sp³-hybridized carbons (Fsp3) is 0.500. The Hall–Kier alpha value is -0.890. The molecule has 0 fully saturated rings. The zero-order valence-electron chi connectivity index (χ0n) is 9.85. The lowest BCUT2D eigenvalue weighted by Crippen LogP contribution is -2.21. The third-order valence-corrected chi connectivity index (χ3v) is 4.29. The number of thiophene rings is 1. The molecule has 3 nitrogen and oxygen atoms in total. The molecule has 1 aromatic rings. The number of halogens is 3. The van der Waals surface area contributed by atoms with Crippen LogP contribution in [-0.2, 0) is 0 Å². The van der Waals surface area contributed by atoms with E-state index in [0.717, 1.165) is 11.3 Å². The van der Waals surface area contributed by atoms with Crippen molar-refractivity contribution in [3.8, 4) is 0 Å². The van der Waals surface area contributed by atoms with Crippen molar-refractivity contribution in [2.75, 3.05) is 23.9 Å². The van der Waals surface area contributed by atoms with E-state index in [1.54, 1.807) is 13.2 Å². The lowest BCUT2D eigenvalue weighted by molar-refractivity contribution is -0.115. The highest BCUT2D eigenvalue weighted by atomic mass is 32.2. The molecule has 0 amide bonds. The number of nitrogens with one attached hydrogen (secondary N) is 1.